The molecule has 2 heterocycles. The van der Waals surface area contributed by atoms with Crippen LogP contribution in [0, 0.1) is 11.3 Å². The number of hydrogen-bond acceptors (Lipinski definition) is 4. The number of nitrogens with zero attached hydrogens (tertiary/aromatic N) is 3. The number of aromatic nitrogens is 1. The molecule has 1 aromatic heterocycles. The summed E-state index contributed by atoms with van der Waals surface area (Å²) in [4.78, 5) is 17.9. The van der Waals surface area contributed by atoms with Crippen LogP contribution in [0.4, 0.5) is 5.82 Å². The first-order chi connectivity index (χ1) is 8.24. The van der Waals surface area contributed by atoms with Crippen molar-refractivity contribution in [3.8, 4) is 6.07 Å². The van der Waals surface area contributed by atoms with Gasteiger partial charge < -0.3 is 4.90 Å². The highest BCUT2D eigenvalue weighted by Gasteiger charge is 2.28. The Morgan fingerprint density at radius 3 is 3.12 bits per heavy atom. The van der Waals surface area contributed by atoms with Crippen LogP contribution in [-0.4, -0.2) is 23.4 Å². The van der Waals surface area contributed by atoms with Crippen molar-refractivity contribution in [1.82, 2.24) is 4.98 Å². The normalized spacial score (nSPS) is 19.8. The van der Waals surface area contributed by atoms with Crippen LogP contribution in [0.1, 0.15) is 31.7 Å². The predicted octanol–water partition coefficient (Wildman–Crippen LogP) is 1.90. The van der Waals surface area contributed by atoms with Crippen LogP contribution in [0.2, 0.25) is 0 Å². The largest absolute Gasteiger partial charge is 0.345 e. The Morgan fingerprint density at radius 1 is 1.59 bits per heavy atom. The zero-order valence-electron chi connectivity index (χ0n) is 9.89. The molecule has 1 unspecified atom stereocenters. The van der Waals surface area contributed by atoms with Gasteiger partial charge in [0.05, 0.1) is 11.6 Å². The van der Waals surface area contributed by atoms with Gasteiger partial charge in [-0.05, 0) is 38.3 Å². The predicted molar refractivity (Wildman–Crippen MR) is 64.6 cm³/mol. The molecule has 2 rings (SSSR count). The summed E-state index contributed by atoms with van der Waals surface area (Å²) in [6, 6.07) is 5.51. The van der Waals surface area contributed by atoms with Crippen molar-refractivity contribution in [2.45, 2.75) is 32.2 Å². The van der Waals surface area contributed by atoms with Gasteiger partial charge in [-0.25, -0.2) is 4.98 Å². The Kier molecular flexibility index (Phi) is 3.38. The molecule has 0 amide bonds. The van der Waals surface area contributed by atoms with E-state index in [4.69, 9.17) is 5.26 Å². The van der Waals surface area contributed by atoms with Gasteiger partial charge in [-0.1, -0.05) is 0 Å². The van der Waals surface area contributed by atoms with Gasteiger partial charge in [0.25, 0.3) is 0 Å². The first-order valence-corrected chi connectivity index (χ1v) is 5.86. The van der Waals surface area contributed by atoms with E-state index in [-0.39, 0.29) is 11.8 Å². The van der Waals surface area contributed by atoms with Crippen molar-refractivity contribution in [2.24, 2.45) is 0 Å². The van der Waals surface area contributed by atoms with E-state index in [2.05, 4.69) is 11.1 Å². The highest BCUT2D eigenvalue weighted by Crippen LogP contribution is 2.25. The maximum atomic E-state index is 11.6. The van der Waals surface area contributed by atoms with Crippen LogP contribution in [0.5, 0.6) is 0 Å². The minimum absolute atomic E-state index is 0.120. The molecular formula is C13H15N3O. The molecule has 1 fully saturated rings. The number of rotatable bonds is 2. The average Bonchev–Trinajstić information content (AvgIpc) is 2.38. The molecule has 1 saturated heterocycles. The maximum absolute atomic E-state index is 11.6. The molecule has 0 aliphatic carbocycles. The quantitative estimate of drug-likeness (QED) is 0.777. The fourth-order valence-electron chi connectivity index (χ4n) is 2.32. The van der Waals surface area contributed by atoms with Gasteiger partial charge >= 0.3 is 0 Å². The number of carbonyl (C=O) groups excluding carboxylic acids is 1. The Morgan fingerprint density at radius 2 is 2.41 bits per heavy atom. The van der Waals surface area contributed by atoms with Crippen LogP contribution in [0.3, 0.4) is 0 Å². The molecule has 1 aliphatic rings. The molecular weight excluding hydrogens is 214 g/mol. The fraction of sp³-hybridized carbons (Fsp3) is 0.462. The highest BCUT2D eigenvalue weighted by atomic mass is 16.1. The van der Waals surface area contributed by atoms with Gasteiger partial charge in [0.1, 0.15) is 11.9 Å². The average molecular weight is 229 g/mol. The van der Waals surface area contributed by atoms with Crippen LogP contribution in [0.25, 0.3) is 0 Å². The van der Waals surface area contributed by atoms with Crippen molar-refractivity contribution in [3.63, 3.8) is 0 Å². The van der Waals surface area contributed by atoms with Gasteiger partial charge in [-0.3, -0.25) is 4.79 Å². The van der Waals surface area contributed by atoms with Crippen molar-refractivity contribution >= 4 is 11.6 Å². The van der Waals surface area contributed by atoms with Crippen LogP contribution in [-0.2, 0) is 4.79 Å². The number of Topliss-reactive ketones (excluding diaryl/α,β-unsaturated/α-hetero) is 1. The number of ketones is 1. The number of hydrogen-bond donors (Lipinski definition) is 0. The third kappa shape index (κ3) is 2.28. The third-order valence-electron chi connectivity index (χ3n) is 3.15. The SMILES string of the molecule is CC(=O)C1CCCCN1c1ncccc1C#N. The van der Waals surface area contributed by atoms with E-state index in [1.54, 1.807) is 25.3 Å². The molecule has 0 radical (unpaired) electrons. The number of anilines is 1. The molecule has 4 heteroatoms. The summed E-state index contributed by atoms with van der Waals surface area (Å²) in [5.41, 5.74) is 0.542. The summed E-state index contributed by atoms with van der Waals surface area (Å²) < 4.78 is 0. The first kappa shape index (κ1) is 11.6. The van der Waals surface area contributed by atoms with Crippen LogP contribution < -0.4 is 4.90 Å². The van der Waals surface area contributed by atoms with Gasteiger partial charge in [0.15, 0.2) is 5.78 Å². The zero-order valence-corrected chi connectivity index (χ0v) is 9.89. The Hall–Kier alpha value is -1.89. The number of nitriles is 1. The van der Waals surface area contributed by atoms with E-state index >= 15 is 0 Å². The fourth-order valence-corrected chi connectivity index (χ4v) is 2.32. The molecule has 17 heavy (non-hydrogen) atoms. The summed E-state index contributed by atoms with van der Waals surface area (Å²) in [5.74, 6) is 0.800. The molecule has 88 valence electrons. The van der Waals surface area contributed by atoms with Crippen molar-refractivity contribution in [3.05, 3.63) is 23.9 Å². The monoisotopic (exact) mass is 229 g/mol. The van der Waals surface area contributed by atoms with E-state index in [0.29, 0.717) is 11.4 Å². The van der Waals surface area contributed by atoms with E-state index in [1.807, 2.05) is 4.90 Å². The molecule has 1 atom stereocenters. The van der Waals surface area contributed by atoms with Crippen LogP contribution in [0.15, 0.2) is 18.3 Å². The second kappa shape index (κ2) is 4.96. The lowest BCUT2D eigenvalue weighted by atomic mass is 9.98. The number of carbonyl (C=O) groups is 1. The molecule has 0 aromatic carbocycles. The topological polar surface area (TPSA) is 57.0 Å². The van der Waals surface area contributed by atoms with E-state index < -0.39 is 0 Å². The Labute approximate surface area is 101 Å². The van der Waals surface area contributed by atoms with Gasteiger partial charge in [0.2, 0.25) is 0 Å². The molecule has 0 N–H and O–H groups in total. The minimum atomic E-state index is -0.120. The van der Waals surface area contributed by atoms with E-state index in [1.165, 1.54) is 0 Å². The van der Waals surface area contributed by atoms with Crippen molar-refractivity contribution < 1.29 is 4.79 Å². The van der Waals surface area contributed by atoms with Crippen molar-refractivity contribution in [2.75, 3.05) is 11.4 Å². The highest BCUT2D eigenvalue weighted by molar-refractivity contribution is 5.85. The van der Waals surface area contributed by atoms with Gasteiger partial charge in [-0.2, -0.15) is 5.26 Å². The molecule has 0 bridgehead atoms. The van der Waals surface area contributed by atoms with Crippen molar-refractivity contribution in [1.29, 1.82) is 5.26 Å². The Balaban J connectivity index is 2.36. The zero-order chi connectivity index (χ0) is 12.3. The maximum Gasteiger partial charge on any atom is 0.152 e. The first-order valence-electron chi connectivity index (χ1n) is 5.86. The lowest BCUT2D eigenvalue weighted by Crippen LogP contribution is -2.44. The summed E-state index contributed by atoms with van der Waals surface area (Å²) in [6.45, 7) is 2.41. The second-order valence-corrected chi connectivity index (χ2v) is 4.30. The van der Waals surface area contributed by atoms with E-state index in [0.717, 1.165) is 25.8 Å². The molecule has 4 nitrogen and oxygen atoms in total. The molecule has 0 spiro atoms. The van der Waals surface area contributed by atoms with Crippen LogP contribution >= 0.6 is 0 Å². The lowest BCUT2D eigenvalue weighted by Gasteiger charge is -2.35. The summed E-state index contributed by atoms with van der Waals surface area (Å²) in [7, 11) is 0. The number of piperidine rings is 1. The summed E-state index contributed by atoms with van der Waals surface area (Å²) in [6.07, 6.45) is 4.64. The minimum Gasteiger partial charge on any atom is -0.345 e. The smallest absolute Gasteiger partial charge is 0.152 e. The molecule has 1 aliphatic heterocycles. The summed E-state index contributed by atoms with van der Waals surface area (Å²) in [5, 5.41) is 9.07. The number of pyridine rings is 1. The standard InChI is InChI=1S/C13H15N3O/c1-10(17)12-6-2-3-8-16(12)13-11(9-14)5-4-7-15-13/h4-5,7,12H,2-3,6,8H2,1H3. The second-order valence-electron chi connectivity index (χ2n) is 4.30. The van der Waals surface area contributed by atoms with Gasteiger partial charge in [-0.15, -0.1) is 0 Å². The third-order valence-corrected chi connectivity index (χ3v) is 3.15. The Bertz CT molecular complexity index is 464. The molecule has 1 aromatic rings. The summed E-state index contributed by atoms with van der Waals surface area (Å²) >= 11 is 0. The van der Waals surface area contributed by atoms with Gasteiger partial charge in [0, 0.05) is 12.7 Å². The molecule has 0 saturated carbocycles. The van der Waals surface area contributed by atoms with E-state index in [9.17, 15) is 4.79 Å². The lowest BCUT2D eigenvalue weighted by molar-refractivity contribution is -0.118.